The van der Waals surface area contributed by atoms with Crippen LogP contribution in [-0.2, 0) is 42.7 Å². The number of imidazole rings is 1. The molecule has 0 fully saturated rings. The molecule has 0 atom stereocenters. The Morgan fingerprint density at radius 3 is 1.77 bits per heavy atom. The van der Waals surface area contributed by atoms with Crippen molar-refractivity contribution in [2.24, 2.45) is 0 Å². The van der Waals surface area contributed by atoms with Gasteiger partial charge in [0.05, 0.1) is 22.3 Å². The zero-order valence-electron chi connectivity index (χ0n) is 42.3. The molecule has 0 amide bonds. The van der Waals surface area contributed by atoms with Crippen LogP contribution in [0.15, 0.2) is 134 Å². The Kier molecular flexibility index (Phi) is 11.3. The van der Waals surface area contributed by atoms with E-state index >= 15 is 0 Å². The van der Waals surface area contributed by atoms with E-state index in [2.05, 4.69) is 173 Å². The monoisotopic (exact) mass is 1030 g/mol. The van der Waals surface area contributed by atoms with E-state index in [0.29, 0.717) is 17.0 Å². The zero-order chi connectivity index (χ0) is 47.7. The summed E-state index contributed by atoms with van der Waals surface area (Å²) in [6, 6.07) is 47.1. The fraction of sp³-hybridized carbons (Fsp3) is 0.288. The van der Waals surface area contributed by atoms with Gasteiger partial charge in [0.15, 0.2) is 0 Å². The second-order valence-electron chi connectivity index (χ2n) is 21.2. The third-order valence-corrected chi connectivity index (χ3v) is 12.2. The van der Waals surface area contributed by atoms with Gasteiger partial charge in [0.25, 0.3) is 0 Å². The van der Waals surface area contributed by atoms with Gasteiger partial charge in [0.1, 0.15) is 11.6 Å². The number of para-hydroxylation sites is 1. The Balaban J connectivity index is 0.00000666. The minimum Gasteiger partial charge on any atom is -0.507 e. The minimum absolute atomic E-state index is 0. The van der Waals surface area contributed by atoms with Crippen LogP contribution in [0, 0.1) is 12.9 Å². The maximum absolute atomic E-state index is 11.8. The molecule has 0 aliphatic carbocycles. The summed E-state index contributed by atoms with van der Waals surface area (Å²) in [5.74, 6) is 0.816. The molecule has 0 aliphatic heterocycles. The summed E-state index contributed by atoms with van der Waals surface area (Å²) in [5, 5.41) is 11.8. The zero-order valence-corrected chi connectivity index (χ0v) is 41.6. The van der Waals surface area contributed by atoms with Gasteiger partial charge in [-0.15, -0.1) is 29.3 Å². The smallest absolute Gasteiger partial charge is 0.148 e. The van der Waals surface area contributed by atoms with Gasteiger partial charge in [-0.1, -0.05) is 179 Å². The van der Waals surface area contributed by atoms with E-state index in [0.717, 1.165) is 78.0 Å². The molecule has 8 aromatic rings. The standard InChI is InChI=1S/C59H62N3O.Pt/c1-37-17-19-38(20-18-37)41-29-30-60-50(35-41)43-31-42(32-46(33-43)58(8,9)10)47-15-14-16-52-54(47)61-55(48-36-45(57(5,6)7)26-28-53(48)63)62(52)51-27-23-40(34-49(51)59(11,12)13)39-21-24-44(25-22-39)56(2,3)4;/h14-30,32-36,63H,1-13H3;/q-1;/i1D3;. The molecule has 0 saturated heterocycles. The molecule has 1 N–H and O–H groups in total. The van der Waals surface area contributed by atoms with Crippen molar-refractivity contribution in [3.05, 3.63) is 167 Å². The molecule has 64 heavy (non-hydrogen) atoms. The van der Waals surface area contributed by atoms with Crippen LogP contribution in [-0.4, -0.2) is 19.6 Å². The number of rotatable bonds is 6. The molecule has 5 heteroatoms. The molecule has 6 aromatic carbocycles. The number of phenolic OH excluding ortho intramolecular Hbond substituents is 1. The van der Waals surface area contributed by atoms with Crippen molar-refractivity contribution in [3.8, 4) is 67.5 Å². The van der Waals surface area contributed by atoms with Crippen LogP contribution >= 0.6 is 0 Å². The first-order valence-electron chi connectivity index (χ1n) is 23.5. The van der Waals surface area contributed by atoms with Crippen molar-refractivity contribution in [2.75, 3.05) is 0 Å². The summed E-state index contributed by atoms with van der Waals surface area (Å²) in [4.78, 5) is 10.4. The number of pyridine rings is 1. The van der Waals surface area contributed by atoms with Gasteiger partial charge in [-0.05, 0) is 104 Å². The number of aromatic hydroxyl groups is 1. The second-order valence-corrected chi connectivity index (χ2v) is 21.2. The molecule has 0 saturated carbocycles. The van der Waals surface area contributed by atoms with Gasteiger partial charge < -0.3 is 5.11 Å². The summed E-state index contributed by atoms with van der Waals surface area (Å²) in [6.45, 7) is 24.5. The van der Waals surface area contributed by atoms with Crippen LogP contribution < -0.4 is 0 Å². The van der Waals surface area contributed by atoms with E-state index in [4.69, 9.17) is 14.1 Å². The number of aromatic nitrogens is 3. The number of hydrogen-bond donors (Lipinski definition) is 1. The molecule has 4 nitrogen and oxygen atoms in total. The average molecular weight is 1030 g/mol. The number of phenols is 1. The van der Waals surface area contributed by atoms with E-state index in [1.807, 2.05) is 30.3 Å². The Hall–Kier alpha value is -5.57. The number of fused-ring (bicyclic) bond motifs is 1. The van der Waals surface area contributed by atoms with Gasteiger partial charge in [0, 0.05) is 37.1 Å². The Labute approximate surface area is 400 Å². The quantitative estimate of drug-likeness (QED) is 0.169. The molecule has 8 rings (SSSR count). The first-order valence-corrected chi connectivity index (χ1v) is 22.0. The number of benzene rings is 6. The summed E-state index contributed by atoms with van der Waals surface area (Å²) >= 11 is 0. The maximum atomic E-state index is 11.8. The number of aryl methyl sites for hydroxylation is 1. The van der Waals surface area contributed by atoms with E-state index in [-0.39, 0.29) is 48.5 Å². The number of hydrogen-bond acceptors (Lipinski definition) is 3. The van der Waals surface area contributed by atoms with Crippen molar-refractivity contribution >= 4 is 11.0 Å². The third-order valence-electron chi connectivity index (χ3n) is 12.2. The molecule has 0 radical (unpaired) electrons. The van der Waals surface area contributed by atoms with Crippen molar-refractivity contribution < 1.29 is 30.3 Å². The molecule has 2 aromatic heterocycles. The fourth-order valence-corrected chi connectivity index (χ4v) is 8.30. The van der Waals surface area contributed by atoms with Crippen molar-refractivity contribution in [2.45, 2.75) is 112 Å². The molecule has 330 valence electrons. The molecule has 0 aliphatic rings. The summed E-state index contributed by atoms with van der Waals surface area (Å²) in [7, 11) is 0. The van der Waals surface area contributed by atoms with Gasteiger partial charge >= 0.3 is 0 Å². The van der Waals surface area contributed by atoms with E-state index in [1.165, 1.54) is 5.56 Å². The normalized spacial score (nSPS) is 13.3. The Morgan fingerprint density at radius 2 is 1.14 bits per heavy atom. The average Bonchev–Trinajstić information content (AvgIpc) is 3.64. The molecular formula is C59H62N3OPt-. The van der Waals surface area contributed by atoms with Crippen molar-refractivity contribution in [1.29, 1.82) is 0 Å². The van der Waals surface area contributed by atoms with Crippen LogP contribution in [0.4, 0.5) is 0 Å². The molecule has 0 spiro atoms. The SMILES string of the molecule is [2H]C([2H])([2H])c1ccc(-c2ccnc(-c3[c-]c(-c4cccc5c4nc(-c4cc(C(C)(C)C)ccc4O)n5-c4ccc(-c5ccc(C(C)(C)C)cc5)cc4C(C)(C)C)cc(C(C)(C)C)c3)c2)cc1.[Pt]. The molecule has 2 heterocycles. The predicted molar refractivity (Wildman–Crippen MR) is 266 cm³/mol. The Bertz CT molecular complexity index is 3100. The van der Waals surface area contributed by atoms with Crippen LogP contribution in [0.1, 0.15) is 115 Å². The van der Waals surface area contributed by atoms with Crippen LogP contribution in [0.5, 0.6) is 5.75 Å². The van der Waals surface area contributed by atoms with Crippen LogP contribution in [0.2, 0.25) is 0 Å². The summed E-state index contributed by atoms with van der Waals surface area (Å²) < 4.78 is 25.8. The third kappa shape index (κ3) is 9.31. The van der Waals surface area contributed by atoms with Gasteiger partial charge in [-0.2, -0.15) is 0 Å². The number of nitrogens with zero attached hydrogens (tertiary/aromatic N) is 3. The largest absolute Gasteiger partial charge is 0.507 e. The van der Waals surface area contributed by atoms with E-state index in [1.54, 1.807) is 24.4 Å². The van der Waals surface area contributed by atoms with Crippen molar-refractivity contribution in [3.63, 3.8) is 0 Å². The van der Waals surface area contributed by atoms with E-state index in [9.17, 15) is 5.11 Å². The van der Waals surface area contributed by atoms with Crippen LogP contribution in [0.25, 0.3) is 72.7 Å². The topological polar surface area (TPSA) is 50.9 Å². The Morgan fingerprint density at radius 1 is 0.547 bits per heavy atom. The fourth-order valence-electron chi connectivity index (χ4n) is 8.30. The van der Waals surface area contributed by atoms with Gasteiger partial charge in [-0.3, -0.25) is 9.55 Å². The second kappa shape index (κ2) is 17.1. The molecule has 0 unspecified atom stereocenters. The molecular weight excluding hydrogens is 962 g/mol. The first-order chi connectivity index (χ1) is 30.8. The summed E-state index contributed by atoms with van der Waals surface area (Å²) in [6.07, 6.45) is 1.80. The molecule has 0 bridgehead atoms. The summed E-state index contributed by atoms with van der Waals surface area (Å²) in [5.41, 5.74) is 15.3. The predicted octanol–water partition coefficient (Wildman–Crippen LogP) is 15.8. The van der Waals surface area contributed by atoms with E-state index < -0.39 is 6.85 Å². The van der Waals surface area contributed by atoms with Gasteiger partial charge in [0.2, 0.25) is 0 Å². The maximum Gasteiger partial charge on any atom is 0.148 e. The first kappa shape index (κ1) is 42.4. The van der Waals surface area contributed by atoms with Gasteiger partial charge in [-0.25, -0.2) is 4.98 Å². The van der Waals surface area contributed by atoms with Crippen LogP contribution in [0.3, 0.4) is 0 Å². The minimum atomic E-state index is -2.17. The van der Waals surface area contributed by atoms with Crippen molar-refractivity contribution in [1.82, 2.24) is 14.5 Å².